The van der Waals surface area contributed by atoms with E-state index in [-0.39, 0.29) is 11.9 Å². The molecule has 5 heteroatoms. The fraction of sp³-hybridized carbons (Fsp3) is 0.625. The van der Waals surface area contributed by atoms with Crippen molar-refractivity contribution in [2.24, 2.45) is 0 Å². The van der Waals surface area contributed by atoms with Gasteiger partial charge in [-0.3, -0.25) is 0 Å². The van der Waals surface area contributed by atoms with Crippen molar-refractivity contribution in [1.82, 2.24) is 5.32 Å². The number of aliphatic hydroxyl groups excluding tert-OH is 1. The highest BCUT2D eigenvalue weighted by molar-refractivity contribution is 5.27. The lowest BCUT2D eigenvalue weighted by Crippen LogP contribution is -2.34. The number of alkyl halides is 2. The Balaban J connectivity index is 2.27. The van der Waals surface area contributed by atoms with Gasteiger partial charge in [-0.05, 0) is 43.9 Å². The molecule has 2 atom stereocenters. The molecule has 21 heavy (non-hydrogen) atoms. The highest BCUT2D eigenvalue weighted by Gasteiger charge is 2.07. The van der Waals surface area contributed by atoms with Gasteiger partial charge in [0.2, 0.25) is 0 Å². The van der Waals surface area contributed by atoms with E-state index >= 15 is 0 Å². The van der Waals surface area contributed by atoms with Gasteiger partial charge in [-0.15, -0.1) is 0 Å². The Bertz CT molecular complexity index is 384. The van der Waals surface area contributed by atoms with Crippen molar-refractivity contribution in [2.45, 2.75) is 58.3 Å². The number of aryl methyl sites for hydroxylation is 1. The molecule has 0 saturated carbocycles. The molecule has 1 aromatic carbocycles. The smallest absolute Gasteiger partial charge is 0.387 e. The summed E-state index contributed by atoms with van der Waals surface area (Å²) in [6, 6.07) is 7.02. The second kappa shape index (κ2) is 9.68. The summed E-state index contributed by atoms with van der Waals surface area (Å²) in [5.74, 6) is 0.183. The molecule has 0 aromatic heterocycles. The largest absolute Gasteiger partial charge is 0.435 e. The summed E-state index contributed by atoms with van der Waals surface area (Å²) >= 11 is 0. The number of hydrogen-bond acceptors (Lipinski definition) is 3. The van der Waals surface area contributed by atoms with E-state index in [1.807, 2.05) is 6.92 Å². The minimum absolute atomic E-state index is 0.183. The van der Waals surface area contributed by atoms with Crippen molar-refractivity contribution in [3.05, 3.63) is 29.8 Å². The number of ether oxygens (including phenoxy) is 1. The first-order valence-corrected chi connectivity index (χ1v) is 7.46. The predicted octanol–water partition coefficient (Wildman–Crippen LogP) is 3.36. The van der Waals surface area contributed by atoms with Crippen LogP contribution >= 0.6 is 0 Å². The minimum atomic E-state index is -2.78. The van der Waals surface area contributed by atoms with Crippen LogP contribution in [0, 0.1) is 0 Å². The third-order valence-corrected chi connectivity index (χ3v) is 3.34. The quantitative estimate of drug-likeness (QED) is 0.696. The number of hydrogen-bond donors (Lipinski definition) is 2. The van der Waals surface area contributed by atoms with E-state index in [1.165, 1.54) is 0 Å². The summed E-state index contributed by atoms with van der Waals surface area (Å²) in [7, 11) is 0. The number of halogens is 2. The van der Waals surface area contributed by atoms with Gasteiger partial charge >= 0.3 is 6.61 Å². The van der Waals surface area contributed by atoms with Gasteiger partial charge in [0.15, 0.2) is 0 Å². The molecule has 2 unspecified atom stereocenters. The summed E-state index contributed by atoms with van der Waals surface area (Å²) in [6.45, 7) is 1.95. The van der Waals surface area contributed by atoms with Gasteiger partial charge in [0.1, 0.15) is 5.75 Å². The van der Waals surface area contributed by atoms with Crippen LogP contribution in [0.25, 0.3) is 0 Å². The topological polar surface area (TPSA) is 41.5 Å². The van der Waals surface area contributed by atoms with Gasteiger partial charge in [-0.2, -0.15) is 8.78 Å². The third-order valence-electron chi connectivity index (χ3n) is 3.34. The molecule has 0 saturated heterocycles. The summed E-state index contributed by atoms with van der Waals surface area (Å²) in [5, 5.41) is 12.9. The Morgan fingerprint density at radius 1 is 1.19 bits per heavy atom. The molecule has 0 spiro atoms. The first-order chi connectivity index (χ1) is 10.0. The summed E-state index contributed by atoms with van der Waals surface area (Å²) < 4.78 is 28.4. The van der Waals surface area contributed by atoms with Crippen LogP contribution in [0.2, 0.25) is 0 Å². The second-order valence-corrected chi connectivity index (χ2v) is 5.31. The first kappa shape index (κ1) is 17.9. The molecule has 3 nitrogen and oxygen atoms in total. The van der Waals surface area contributed by atoms with E-state index in [9.17, 15) is 13.9 Å². The Hall–Kier alpha value is -1.20. The molecular formula is C16H25F2NO2. The van der Waals surface area contributed by atoms with Gasteiger partial charge in [-0.25, -0.2) is 0 Å². The molecule has 2 N–H and O–H groups in total. The maximum Gasteiger partial charge on any atom is 0.387 e. The highest BCUT2D eigenvalue weighted by Crippen LogP contribution is 2.16. The van der Waals surface area contributed by atoms with Crippen molar-refractivity contribution < 1.29 is 18.6 Å². The van der Waals surface area contributed by atoms with Crippen LogP contribution in [-0.4, -0.2) is 30.4 Å². The molecule has 0 aliphatic carbocycles. The molecule has 0 radical (unpaired) electrons. The van der Waals surface area contributed by atoms with Crippen molar-refractivity contribution in [3.8, 4) is 5.75 Å². The third kappa shape index (κ3) is 7.97. The predicted molar refractivity (Wildman–Crippen MR) is 79.8 cm³/mol. The zero-order valence-electron chi connectivity index (χ0n) is 12.7. The van der Waals surface area contributed by atoms with Crippen molar-refractivity contribution in [3.63, 3.8) is 0 Å². The van der Waals surface area contributed by atoms with E-state index in [1.54, 1.807) is 24.3 Å². The maximum atomic E-state index is 12.0. The lowest BCUT2D eigenvalue weighted by atomic mass is 10.1. The fourth-order valence-corrected chi connectivity index (χ4v) is 2.10. The molecule has 0 amide bonds. The second-order valence-electron chi connectivity index (χ2n) is 5.31. The molecule has 120 valence electrons. The fourth-order valence-electron chi connectivity index (χ4n) is 2.10. The number of rotatable bonds is 10. The van der Waals surface area contributed by atoms with E-state index in [4.69, 9.17) is 0 Å². The molecule has 0 aliphatic heterocycles. The minimum Gasteiger partial charge on any atom is -0.435 e. The van der Waals surface area contributed by atoms with Crippen LogP contribution in [0.1, 0.15) is 38.7 Å². The van der Waals surface area contributed by atoms with Crippen LogP contribution in [0.3, 0.4) is 0 Å². The monoisotopic (exact) mass is 301 g/mol. The van der Waals surface area contributed by atoms with Crippen LogP contribution in [0.4, 0.5) is 8.78 Å². The maximum absolute atomic E-state index is 12.0. The lowest BCUT2D eigenvalue weighted by Gasteiger charge is -2.17. The van der Waals surface area contributed by atoms with Crippen LogP contribution in [0.15, 0.2) is 24.3 Å². The molecule has 1 aromatic rings. The van der Waals surface area contributed by atoms with Crippen molar-refractivity contribution in [2.75, 3.05) is 6.54 Å². The lowest BCUT2D eigenvalue weighted by molar-refractivity contribution is -0.0498. The number of aliphatic hydroxyl groups is 1. The standard InChI is InChI=1S/C16H25F2NO2/c1-3-4-14(20)11-19-12(2)5-6-13-7-9-15(10-8-13)21-16(17)18/h7-10,12,14,16,19-20H,3-6,11H2,1-2H3. The van der Waals surface area contributed by atoms with Crippen LogP contribution in [-0.2, 0) is 6.42 Å². The molecule has 0 aliphatic rings. The van der Waals surface area contributed by atoms with E-state index in [2.05, 4.69) is 17.0 Å². The molecule has 0 fully saturated rings. The average molecular weight is 301 g/mol. The van der Waals surface area contributed by atoms with E-state index in [0.717, 1.165) is 31.2 Å². The Kier molecular flexibility index (Phi) is 8.23. The zero-order valence-corrected chi connectivity index (χ0v) is 12.7. The Morgan fingerprint density at radius 2 is 1.86 bits per heavy atom. The summed E-state index contributed by atoms with van der Waals surface area (Å²) in [4.78, 5) is 0. The van der Waals surface area contributed by atoms with Crippen molar-refractivity contribution in [1.29, 1.82) is 0 Å². The van der Waals surface area contributed by atoms with Gasteiger partial charge in [0, 0.05) is 12.6 Å². The van der Waals surface area contributed by atoms with Crippen LogP contribution < -0.4 is 10.1 Å². The van der Waals surface area contributed by atoms with E-state index in [0.29, 0.717) is 12.6 Å². The van der Waals surface area contributed by atoms with Crippen molar-refractivity contribution >= 4 is 0 Å². The van der Waals surface area contributed by atoms with Gasteiger partial charge in [-0.1, -0.05) is 25.5 Å². The Morgan fingerprint density at radius 3 is 2.43 bits per heavy atom. The molecule has 0 bridgehead atoms. The molecule has 1 rings (SSSR count). The summed E-state index contributed by atoms with van der Waals surface area (Å²) in [6.07, 6.45) is 3.28. The first-order valence-electron chi connectivity index (χ1n) is 7.46. The number of benzene rings is 1. The van der Waals surface area contributed by atoms with Gasteiger partial charge < -0.3 is 15.2 Å². The average Bonchev–Trinajstić information content (AvgIpc) is 2.44. The van der Waals surface area contributed by atoms with Crippen LogP contribution in [0.5, 0.6) is 5.75 Å². The van der Waals surface area contributed by atoms with Gasteiger partial charge in [0.05, 0.1) is 6.10 Å². The normalized spacial score (nSPS) is 14.2. The Labute approximate surface area is 125 Å². The zero-order chi connectivity index (χ0) is 15.7. The SMILES string of the molecule is CCCC(O)CNC(C)CCc1ccc(OC(F)F)cc1. The van der Waals surface area contributed by atoms with Gasteiger partial charge in [0.25, 0.3) is 0 Å². The molecular weight excluding hydrogens is 276 g/mol. The van der Waals surface area contributed by atoms with E-state index < -0.39 is 6.61 Å². The molecule has 0 heterocycles. The summed E-state index contributed by atoms with van der Waals surface area (Å²) in [5.41, 5.74) is 1.08. The number of nitrogens with one attached hydrogen (secondary N) is 1. The highest BCUT2D eigenvalue weighted by atomic mass is 19.3.